The van der Waals surface area contributed by atoms with Crippen molar-refractivity contribution in [3.8, 4) is 0 Å². The van der Waals surface area contributed by atoms with Crippen LogP contribution in [0.2, 0.25) is 0 Å². The molecule has 0 bridgehead atoms. The van der Waals surface area contributed by atoms with E-state index in [1.807, 2.05) is 4.90 Å². The molecule has 0 aliphatic carbocycles. The van der Waals surface area contributed by atoms with E-state index >= 15 is 0 Å². The number of hydrogen-bond acceptors (Lipinski definition) is 6. The molecule has 2 saturated heterocycles. The van der Waals surface area contributed by atoms with Crippen LogP contribution in [0.4, 0.5) is 32.0 Å². The van der Waals surface area contributed by atoms with Crippen LogP contribution in [0, 0.1) is 0 Å². The number of hydrogen-bond donors (Lipinski definition) is 2. The molecule has 0 aromatic heterocycles. The number of amides is 1. The molecule has 0 saturated carbocycles. The van der Waals surface area contributed by atoms with Crippen molar-refractivity contribution < 1.29 is 36.2 Å². The van der Waals surface area contributed by atoms with Crippen LogP contribution >= 0.6 is 11.8 Å². The number of carbonyl (C=O) groups excluding carboxylic acids is 1. The van der Waals surface area contributed by atoms with Crippen LogP contribution in [0.5, 0.6) is 0 Å². The smallest absolute Gasteiger partial charge is 0.395 e. The Hall–Kier alpha value is -2.74. The number of benzene rings is 2. The number of piperazine rings is 1. The average Bonchev–Trinajstić information content (AvgIpc) is 2.96. The molecule has 2 aliphatic rings. The summed E-state index contributed by atoms with van der Waals surface area (Å²) in [5.74, 6) is -0.589. The van der Waals surface area contributed by atoms with Gasteiger partial charge in [0.05, 0.1) is 17.7 Å². The highest BCUT2D eigenvalue weighted by Crippen LogP contribution is 2.48. The molecule has 0 spiro atoms. The Labute approximate surface area is 251 Å². The van der Waals surface area contributed by atoms with Gasteiger partial charge >= 0.3 is 12.4 Å². The molecule has 13 heteroatoms. The van der Waals surface area contributed by atoms with Gasteiger partial charge in [0.25, 0.3) is 0 Å². The van der Waals surface area contributed by atoms with Crippen molar-refractivity contribution >= 4 is 29.4 Å². The third kappa shape index (κ3) is 8.90. The third-order valence-corrected chi connectivity index (χ3v) is 8.79. The molecule has 2 aliphatic heterocycles. The summed E-state index contributed by atoms with van der Waals surface area (Å²) in [5.41, 5.74) is -3.63. The summed E-state index contributed by atoms with van der Waals surface area (Å²) in [7, 11) is 0. The topological polar surface area (TPSA) is 59.1 Å². The maximum atomic E-state index is 14.3. The molecule has 4 rings (SSSR count). The van der Waals surface area contributed by atoms with Crippen molar-refractivity contribution in [2.45, 2.75) is 48.0 Å². The quantitative estimate of drug-likeness (QED) is 0.265. The summed E-state index contributed by atoms with van der Waals surface area (Å²) in [6.45, 7) is 6.89. The highest BCUT2D eigenvalue weighted by molar-refractivity contribution is 7.99. The number of alkyl halides is 6. The van der Waals surface area contributed by atoms with Crippen LogP contribution in [-0.2, 0) is 17.1 Å². The van der Waals surface area contributed by atoms with Gasteiger partial charge in [0.2, 0.25) is 5.91 Å². The fraction of sp³-hybridized carbons (Fsp3) is 0.500. The summed E-state index contributed by atoms with van der Waals surface area (Å²) < 4.78 is 85.7. The SMILES string of the molecule is CCN1CCC(Nc2cccc(Sc3ccc(C=CC(=O)N4CCN(CCO)CC4)c(C(F)(F)F)c3C(F)(F)F)c2)CC1. The third-order valence-electron chi connectivity index (χ3n) is 7.74. The minimum Gasteiger partial charge on any atom is -0.395 e. The lowest BCUT2D eigenvalue weighted by Gasteiger charge is -2.33. The van der Waals surface area contributed by atoms with E-state index in [9.17, 15) is 31.1 Å². The number of β-amino-alcohol motifs (C(OH)–C–C–N with tert-alkyl or cyclic N) is 1. The Morgan fingerprint density at radius 2 is 1.63 bits per heavy atom. The van der Waals surface area contributed by atoms with E-state index < -0.39 is 39.8 Å². The lowest BCUT2D eigenvalue weighted by molar-refractivity contribution is -0.163. The largest absolute Gasteiger partial charge is 0.418 e. The Kier molecular flexibility index (Phi) is 11.1. The number of carbonyl (C=O) groups is 1. The maximum absolute atomic E-state index is 14.3. The van der Waals surface area contributed by atoms with Crippen LogP contribution in [-0.4, -0.2) is 90.7 Å². The van der Waals surface area contributed by atoms with Gasteiger partial charge in [-0.15, -0.1) is 0 Å². The van der Waals surface area contributed by atoms with Gasteiger partial charge in [-0.2, -0.15) is 26.3 Å². The number of piperidine rings is 1. The number of nitrogens with zero attached hydrogens (tertiary/aromatic N) is 3. The van der Waals surface area contributed by atoms with Crippen molar-refractivity contribution in [3.05, 3.63) is 59.2 Å². The predicted molar refractivity (Wildman–Crippen MR) is 155 cm³/mol. The molecule has 0 radical (unpaired) electrons. The number of halogens is 6. The second-order valence-corrected chi connectivity index (χ2v) is 11.7. The Morgan fingerprint density at radius 1 is 0.953 bits per heavy atom. The zero-order valence-corrected chi connectivity index (χ0v) is 24.7. The summed E-state index contributed by atoms with van der Waals surface area (Å²) in [6, 6.07) is 8.88. The monoisotopic (exact) mass is 630 g/mol. The molecule has 2 fully saturated rings. The molecular formula is C30H36F6N4O2S. The number of likely N-dealkylation sites (tertiary alicyclic amines) is 1. The first-order valence-electron chi connectivity index (χ1n) is 14.3. The molecule has 0 atom stereocenters. The first kappa shape index (κ1) is 33.2. The molecule has 2 N–H and O–H groups in total. The van der Waals surface area contributed by atoms with Crippen LogP contribution in [0.25, 0.3) is 6.08 Å². The van der Waals surface area contributed by atoms with Crippen molar-refractivity contribution in [1.29, 1.82) is 0 Å². The van der Waals surface area contributed by atoms with Gasteiger partial charge < -0.3 is 20.2 Å². The van der Waals surface area contributed by atoms with E-state index in [0.29, 0.717) is 55.1 Å². The van der Waals surface area contributed by atoms with Gasteiger partial charge in [-0.05, 0) is 55.3 Å². The van der Waals surface area contributed by atoms with Gasteiger partial charge in [0.1, 0.15) is 0 Å². The van der Waals surface area contributed by atoms with Crippen molar-refractivity contribution in [1.82, 2.24) is 14.7 Å². The molecule has 2 aromatic carbocycles. The predicted octanol–water partition coefficient (Wildman–Crippen LogP) is 5.92. The Balaban J connectivity index is 1.57. The number of anilines is 1. The van der Waals surface area contributed by atoms with Gasteiger partial charge in [-0.1, -0.05) is 30.8 Å². The van der Waals surface area contributed by atoms with Crippen LogP contribution in [0.1, 0.15) is 36.5 Å². The van der Waals surface area contributed by atoms with E-state index in [1.54, 1.807) is 24.3 Å². The first-order chi connectivity index (χ1) is 20.4. The van der Waals surface area contributed by atoms with Crippen LogP contribution < -0.4 is 5.32 Å². The first-order valence-corrected chi connectivity index (χ1v) is 15.1. The van der Waals surface area contributed by atoms with E-state index in [2.05, 4.69) is 17.1 Å². The van der Waals surface area contributed by atoms with E-state index in [4.69, 9.17) is 5.11 Å². The Morgan fingerprint density at radius 3 is 2.23 bits per heavy atom. The van der Waals surface area contributed by atoms with Crippen molar-refractivity contribution in [2.24, 2.45) is 0 Å². The summed E-state index contributed by atoms with van der Waals surface area (Å²) in [6.07, 6.45) is -7.10. The zero-order chi connectivity index (χ0) is 31.2. The van der Waals surface area contributed by atoms with Crippen molar-refractivity contribution in [3.63, 3.8) is 0 Å². The average molecular weight is 631 g/mol. The molecule has 2 heterocycles. The lowest BCUT2D eigenvalue weighted by Crippen LogP contribution is -2.48. The fourth-order valence-corrected chi connectivity index (χ4v) is 6.46. The zero-order valence-electron chi connectivity index (χ0n) is 23.8. The summed E-state index contributed by atoms with van der Waals surface area (Å²) >= 11 is 0.622. The second-order valence-electron chi connectivity index (χ2n) is 10.6. The van der Waals surface area contributed by atoms with Gasteiger partial charge in [-0.25, -0.2) is 0 Å². The number of aliphatic hydroxyl groups excluding tert-OH is 1. The van der Waals surface area contributed by atoms with E-state index in [-0.39, 0.29) is 12.6 Å². The van der Waals surface area contributed by atoms with Gasteiger partial charge in [0, 0.05) is 73.4 Å². The molecule has 236 valence electrons. The summed E-state index contributed by atoms with van der Waals surface area (Å²) in [5, 5.41) is 12.5. The maximum Gasteiger partial charge on any atom is 0.418 e. The number of aliphatic hydroxyl groups is 1. The normalized spacial score (nSPS) is 18.0. The van der Waals surface area contributed by atoms with Crippen LogP contribution in [0.15, 0.2) is 52.3 Å². The van der Waals surface area contributed by atoms with Crippen LogP contribution in [0.3, 0.4) is 0 Å². The molecule has 1 amide bonds. The fourth-order valence-electron chi connectivity index (χ4n) is 5.42. The Bertz CT molecular complexity index is 1270. The minimum absolute atomic E-state index is 0.0369. The van der Waals surface area contributed by atoms with Gasteiger partial charge in [0.15, 0.2) is 0 Å². The van der Waals surface area contributed by atoms with Gasteiger partial charge in [-0.3, -0.25) is 9.69 Å². The number of rotatable bonds is 9. The second kappa shape index (κ2) is 14.4. The highest BCUT2D eigenvalue weighted by Gasteiger charge is 2.46. The molecular weight excluding hydrogens is 594 g/mol. The van der Waals surface area contributed by atoms with E-state index in [0.717, 1.165) is 56.8 Å². The lowest BCUT2D eigenvalue weighted by atomic mass is 9.99. The summed E-state index contributed by atoms with van der Waals surface area (Å²) in [4.78, 5) is 18.1. The molecule has 43 heavy (non-hydrogen) atoms. The molecule has 0 unspecified atom stereocenters. The minimum atomic E-state index is -5.32. The molecule has 2 aromatic rings. The molecule has 6 nitrogen and oxygen atoms in total. The standard InChI is InChI=1S/C30H36F6N4O2S/c1-2-38-12-10-22(11-13-38)37-23-4-3-5-24(20-23)43-25-8-6-21(27(29(31,32)33)28(25)30(34,35)36)7-9-26(42)40-16-14-39(15-17-40)18-19-41/h3-9,20,22,37,41H,2,10-19H2,1H3. The van der Waals surface area contributed by atoms with Crippen molar-refractivity contribution in [2.75, 3.05) is 64.3 Å². The highest BCUT2D eigenvalue weighted by atomic mass is 32.2. The number of nitrogens with one attached hydrogen (secondary N) is 1. The van der Waals surface area contributed by atoms with E-state index in [1.165, 1.54) is 4.90 Å².